The molecule has 0 N–H and O–H groups in total. The van der Waals surface area contributed by atoms with Gasteiger partial charge in [-0.15, -0.1) is 0 Å². The monoisotopic (exact) mass is 604 g/mol. The maximum Gasteiger partial charge on any atom is 0.150 e. The summed E-state index contributed by atoms with van der Waals surface area (Å²) in [6.45, 7) is 5.52. The molecule has 7 nitrogen and oxygen atoms in total. The van der Waals surface area contributed by atoms with E-state index in [1.165, 1.54) is 38.5 Å². The van der Waals surface area contributed by atoms with Crippen molar-refractivity contribution in [2.24, 2.45) is 0 Å². The van der Waals surface area contributed by atoms with Gasteiger partial charge in [-0.1, -0.05) is 36.0 Å². The second-order valence-corrected chi connectivity index (χ2v) is 12.5. The third-order valence-corrected chi connectivity index (χ3v) is 9.16. The van der Waals surface area contributed by atoms with Crippen molar-refractivity contribution < 1.29 is 4.79 Å². The van der Waals surface area contributed by atoms with E-state index in [9.17, 15) is 4.79 Å². The van der Waals surface area contributed by atoms with Crippen LogP contribution in [0.25, 0.3) is 11.4 Å². The number of carbonyl (C=O) groups is 1. The Morgan fingerprint density at radius 2 is 1.00 bits per heavy atom. The van der Waals surface area contributed by atoms with Gasteiger partial charge in [-0.3, -0.25) is 4.79 Å². The Morgan fingerprint density at radius 3 is 1.38 bits per heavy atom. The lowest BCUT2D eigenvalue weighted by Crippen LogP contribution is -2.40. The average Bonchev–Trinajstić information content (AvgIpc) is 3.71. The van der Waals surface area contributed by atoms with Crippen LogP contribution >= 0.6 is 23.2 Å². The quantitative estimate of drug-likeness (QED) is 0.200. The van der Waals surface area contributed by atoms with Gasteiger partial charge < -0.3 is 9.80 Å². The molecule has 0 aliphatic carbocycles. The summed E-state index contributed by atoms with van der Waals surface area (Å²) in [5, 5.41) is 10.7. The molecule has 4 aromatic rings. The maximum absolute atomic E-state index is 14.8. The van der Waals surface area contributed by atoms with Crippen molar-refractivity contribution in [1.82, 2.24) is 29.4 Å². The molecular weight excluding hydrogens is 567 g/mol. The van der Waals surface area contributed by atoms with Crippen molar-refractivity contribution in [2.45, 2.75) is 50.4 Å². The molecule has 220 valence electrons. The van der Waals surface area contributed by atoms with E-state index in [1.54, 1.807) is 0 Å². The molecule has 0 amide bonds. The summed E-state index contributed by atoms with van der Waals surface area (Å²) in [4.78, 5) is 19.7. The van der Waals surface area contributed by atoms with E-state index in [0.29, 0.717) is 23.1 Å². The van der Waals surface area contributed by atoms with Gasteiger partial charge in [-0.05, 0) is 100 Å². The number of hydrogen-bond acceptors (Lipinski definition) is 5. The minimum absolute atomic E-state index is 0.234. The zero-order chi connectivity index (χ0) is 28.9. The van der Waals surface area contributed by atoms with Crippen molar-refractivity contribution >= 4 is 29.0 Å². The topological polar surface area (TPSA) is 59.2 Å². The highest BCUT2D eigenvalue weighted by molar-refractivity contribution is 6.30. The van der Waals surface area contributed by atoms with Crippen LogP contribution in [0.3, 0.4) is 0 Å². The zero-order valence-electron chi connectivity index (χ0n) is 23.9. The summed E-state index contributed by atoms with van der Waals surface area (Å²) in [5.41, 5.74) is 3.75. The lowest BCUT2D eigenvalue weighted by molar-refractivity contribution is -0.123. The molecule has 9 heteroatoms. The molecule has 0 spiro atoms. The van der Waals surface area contributed by atoms with Crippen molar-refractivity contribution in [3.8, 4) is 11.4 Å². The molecule has 2 unspecified atom stereocenters. The van der Waals surface area contributed by atoms with E-state index in [0.717, 1.165) is 48.7 Å². The van der Waals surface area contributed by atoms with E-state index in [2.05, 4.69) is 20.0 Å². The Hall–Kier alpha value is -2.97. The first-order valence-electron chi connectivity index (χ1n) is 15.1. The molecular formula is C33H38Cl2N6O. The predicted octanol–water partition coefficient (Wildman–Crippen LogP) is 6.77. The first kappa shape index (κ1) is 29.1. The van der Waals surface area contributed by atoms with Crippen LogP contribution in [0.2, 0.25) is 10.0 Å². The number of carbonyl (C=O) groups excluding carboxylic acids is 1. The van der Waals surface area contributed by atoms with Crippen LogP contribution in [0.5, 0.6) is 0 Å². The molecule has 4 heterocycles. The van der Waals surface area contributed by atoms with Crippen molar-refractivity contribution in [2.75, 3.05) is 39.3 Å². The van der Waals surface area contributed by atoms with Gasteiger partial charge >= 0.3 is 0 Å². The fourth-order valence-corrected chi connectivity index (χ4v) is 6.52. The molecule has 6 rings (SSSR count). The van der Waals surface area contributed by atoms with Gasteiger partial charge in [0.25, 0.3) is 0 Å². The first-order chi connectivity index (χ1) is 20.5. The van der Waals surface area contributed by atoms with Crippen LogP contribution in [0.15, 0.2) is 73.3 Å². The van der Waals surface area contributed by atoms with Crippen LogP contribution in [0.4, 0.5) is 0 Å². The van der Waals surface area contributed by atoms with Gasteiger partial charge in [0.2, 0.25) is 0 Å². The maximum atomic E-state index is 14.8. The van der Waals surface area contributed by atoms with E-state index in [-0.39, 0.29) is 17.6 Å². The zero-order valence-corrected chi connectivity index (χ0v) is 25.4. The minimum Gasteiger partial charge on any atom is -0.302 e. The number of nitrogens with zero attached hydrogens (tertiary/aromatic N) is 6. The number of rotatable bonds is 10. The van der Waals surface area contributed by atoms with Crippen LogP contribution in [0, 0.1) is 0 Å². The van der Waals surface area contributed by atoms with E-state index in [4.69, 9.17) is 23.2 Å². The summed E-state index contributed by atoms with van der Waals surface area (Å²) in [5.74, 6) is -0.354. The third-order valence-electron chi connectivity index (χ3n) is 8.66. The molecule has 0 bridgehead atoms. The molecule has 0 saturated carbocycles. The Balaban J connectivity index is 1.33. The molecule has 2 saturated heterocycles. The highest BCUT2D eigenvalue weighted by Crippen LogP contribution is 2.31. The van der Waals surface area contributed by atoms with Gasteiger partial charge in [0.15, 0.2) is 5.78 Å². The van der Waals surface area contributed by atoms with E-state index in [1.807, 2.05) is 82.7 Å². The molecule has 42 heavy (non-hydrogen) atoms. The highest BCUT2D eigenvalue weighted by Gasteiger charge is 2.34. The average molecular weight is 606 g/mol. The number of piperidine rings is 2. The molecule has 2 aliphatic rings. The SMILES string of the molecule is O=C(C(CN1CCCCC1)c1cnn(-c2ccc(Cl)cc2)c1)C(CN1CCCCC1)c1cnn(-c2ccc(Cl)cc2)c1. The Morgan fingerprint density at radius 1 is 0.619 bits per heavy atom. The van der Waals surface area contributed by atoms with Crippen molar-refractivity contribution in [1.29, 1.82) is 0 Å². The summed E-state index contributed by atoms with van der Waals surface area (Å²) >= 11 is 12.3. The number of halogens is 2. The molecule has 2 aromatic carbocycles. The fraction of sp³-hybridized carbons (Fsp3) is 0.424. The number of likely N-dealkylation sites (tertiary alicyclic amines) is 2. The fourth-order valence-electron chi connectivity index (χ4n) is 6.27. The molecule has 2 atom stereocenters. The molecule has 2 aromatic heterocycles. The Labute approximate surface area is 258 Å². The highest BCUT2D eigenvalue weighted by atomic mass is 35.5. The third kappa shape index (κ3) is 6.97. The van der Waals surface area contributed by atoms with Crippen LogP contribution in [-0.4, -0.2) is 74.4 Å². The lowest BCUT2D eigenvalue weighted by Gasteiger charge is -2.33. The van der Waals surface area contributed by atoms with E-state index >= 15 is 0 Å². The van der Waals surface area contributed by atoms with Crippen LogP contribution in [0.1, 0.15) is 61.5 Å². The van der Waals surface area contributed by atoms with Crippen molar-refractivity contribution in [3.05, 3.63) is 94.5 Å². The second-order valence-electron chi connectivity index (χ2n) is 11.6. The number of aromatic nitrogens is 4. The number of ketones is 1. The van der Waals surface area contributed by atoms with Crippen LogP contribution < -0.4 is 0 Å². The normalized spacial score (nSPS) is 18.1. The summed E-state index contributed by atoms with van der Waals surface area (Å²) < 4.78 is 3.70. The summed E-state index contributed by atoms with van der Waals surface area (Å²) in [6, 6.07) is 15.2. The number of hydrogen-bond donors (Lipinski definition) is 0. The van der Waals surface area contributed by atoms with Gasteiger partial charge in [0.05, 0.1) is 35.6 Å². The smallest absolute Gasteiger partial charge is 0.150 e. The molecule has 0 radical (unpaired) electrons. The second kappa shape index (κ2) is 13.6. The van der Waals surface area contributed by atoms with E-state index < -0.39 is 0 Å². The molecule has 2 fully saturated rings. The lowest BCUT2D eigenvalue weighted by atomic mass is 9.84. The first-order valence-corrected chi connectivity index (χ1v) is 15.9. The largest absolute Gasteiger partial charge is 0.302 e. The Bertz CT molecular complexity index is 1340. The van der Waals surface area contributed by atoms with Crippen LogP contribution in [-0.2, 0) is 4.79 Å². The van der Waals surface area contributed by atoms with Crippen molar-refractivity contribution in [3.63, 3.8) is 0 Å². The number of Topliss-reactive ketones (excluding diaryl/α,β-unsaturated/α-hetero) is 1. The Kier molecular flexibility index (Phi) is 9.40. The number of benzene rings is 2. The van der Waals surface area contributed by atoms with Gasteiger partial charge in [0, 0.05) is 46.7 Å². The van der Waals surface area contributed by atoms with Gasteiger partial charge in [0.1, 0.15) is 0 Å². The van der Waals surface area contributed by atoms with Gasteiger partial charge in [-0.2, -0.15) is 10.2 Å². The summed E-state index contributed by atoms with van der Waals surface area (Å²) in [6.07, 6.45) is 15.0. The standard InChI is InChI=1S/C33H38Cl2N6O/c34-27-7-11-29(12-8-27)40-21-25(19-36-40)31(23-38-15-3-1-4-16-38)33(42)32(24-39-17-5-2-6-18-39)26-20-37-41(22-26)30-13-9-28(35)10-14-30/h7-14,19-22,31-32H,1-6,15-18,23-24H2. The van der Waals surface area contributed by atoms with Gasteiger partial charge in [-0.25, -0.2) is 9.36 Å². The molecule has 2 aliphatic heterocycles. The predicted molar refractivity (Wildman–Crippen MR) is 168 cm³/mol. The summed E-state index contributed by atoms with van der Waals surface area (Å²) in [7, 11) is 0. The minimum atomic E-state index is -0.294.